The molecule has 0 saturated carbocycles. The molecule has 0 bridgehead atoms. The molecule has 118 valence electrons. The van der Waals surface area contributed by atoms with Crippen LogP contribution in [-0.2, 0) is 9.84 Å². The summed E-state index contributed by atoms with van der Waals surface area (Å²) >= 11 is 6.11. The molecule has 0 unspecified atom stereocenters. The van der Waals surface area contributed by atoms with Crippen molar-refractivity contribution < 1.29 is 18.3 Å². The Morgan fingerprint density at radius 2 is 1.87 bits per heavy atom. The van der Waals surface area contributed by atoms with Crippen molar-refractivity contribution in [2.45, 2.75) is 4.90 Å². The summed E-state index contributed by atoms with van der Waals surface area (Å²) in [5.74, 6) is -1.08. The Morgan fingerprint density at radius 3 is 2.43 bits per heavy atom. The van der Waals surface area contributed by atoms with E-state index in [-0.39, 0.29) is 15.6 Å². The zero-order valence-corrected chi connectivity index (χ0v) is 13.5. The van der Waals surface area contributed by atoms with E-state index in [1.165, 1.54) is 24.5 Å². The Hall–Kier alpha value is -2.38. The van der Waals surface area contributed by atoms with Crippen molar-refractivity contribution in [2.24, 2.45) is 0 Å². The predicted octanol–water partition coefficient (Wildman–Crippen LogP) is 2.78. The summed E-state index contributed by atoms with van der Waals surface area (Å²) in [6.45, 7) is 0. The number of pyridine rings is 1. The number of nitrogens with zero attached hydrogens (tertiary/aromatic N) is 2. The standard InChI is InChI=1S/C15H11ClN2O4S/c1-23(21,22)10-4-2-9(3-5-10)18-8-12(15(19)20)11-6-7-17-14(16)13(11)18/h2-8H,1H3,(H,19,20). The predicted molar refractivity (Wildman–Crippen MR) is 86.1 cm³/mol. The quantitative estimate of drug-likeness (QED) is 0.733. The number of halogens is 1. The lowest BCUT2D eigenvalue weighted by atomic mass is 10.2. The van der Waals surface area contributed by atoms with Gasteiger partial charge in [-0.15, -0.1) is 0 Å². The number of carbonyl (C=O) groups is 1. The van der Waals surface area contributed by atoms with Crippen molar-refractivity contribution in [3.05, 3.63) is 53.4 Å². The number of fused-ring (bicyclic) bond motifs is 1. The minimum absolute atomic E-state index is 0.0940. The van der Waals surface area contributed by atoms with Crippen LogP contribution < -0.4 is 0 Å². The van der Waals surface area contributed by atoms with Gasteiger partial charge in [-0.05, 0) is 30.3 Å². The van der Waals surface area contributed by atoms with E-state index >= 15 is 0 Å². The van der Waals surface area contributed by atoms with Gasteiger partial charge in [0.05, 0.1) is 16.0 Å². The summed E-state index contributed by atoms with van der Waals surface area (Å²) in [6.07, 6.45) is 4.00. The lowest BCUT2D eigenvalue weighted by Crippen LogP contribution is -1.99. The highest BCUT2D eigenvalue weighted by Crippen LogP contribution is 2.29. The van der Waals surface area contributed by atoms with Gasteiger partial charge in [-0.2, -0.15) is 0 Å². The summed E-state index contributed by atoms with van der Waals surface area (Å²) in [7, 11) is -3.30. The van der Waals surface area contributed by atoms with Gasteiger partial charge in [0.2, 0.25) is 0 Å². The molecule has 0 fully saturated rings. The van der Waals surface area contributed by atoms with E-state index in [0.29, 0.717) is 16.6 Å². The third-order valence-corrected chi connectivity index (χ3v) is 4.85. The number of hydrogen-bond acceptors (Lipinski definition) is 4. The number of hydrogen-bond donors (Lipinski definition) is 1. The molecule has 0 amide bonds. The maximum Gasteiger partial charge on any atom is 0.337 e. The minimum Gasteiger partial charge on any atom is -0.478 e. The Labute approximate surface area is 136 Å². The first-order valence-electron chi connectivity index (χ1n) is 6.48. The fourth-order valence-corrected chi connectivity index (χ4v) is 3.25. The smallest absolute Gasteiger partial charge is 0.337 e. The van der Waals surface area contributed by atoms with Crippen LogP contribution in [0.2, 0.25) is 5.15 Å². The average Bonchev–Trinajstić information content (AvgIpc) is 2.88. The maximum atomic E-state index is 11.5. The molecule has 0 spiro atoms. The fourth-order valence-electron chi connectivity index (χ4n) is 2.37. The fraction of sp³-hybridized carbons (Fsp3) is 0.0667. The van der Waals surface area contributed by atoms with Crippen LogP contribution in [-0.4, -0.2) is 35.3 Å². The van der Waals surface area contributed by atoms with Crippen LogP contribution in [0.3, 0.4) is 0 Å². The van der Waals surface area contributed by atoms with Crippen LogP contribution in [0.4, 0.5) is 0 Å². The van der Waals surface area contributed by atoms with Crippen molar-refractivity contribution in [1.82, 2.24) is 9.55 Å². The van der Waals surface area contributed by atoms with Crippen LogP contribution in [0.5, 0.6) is 0 Å². The highest BCUT2D eigenvalue weighted by molar-refractivity contribution is 7.90. The largest absolute Gasteiger partial charge is 0.478 e. The van der Waals surface area contributed by atoms with Crippen LogP contribution >= 0.6 is 11.6 Å². The number of rotatable bonds is 3. The summed E-state index contributed by atoms with van der Waals surface area (Å²) in [4.78, 5) is 15.6. The third kappa shape index (κ3) is 2.69. The summed E-state index contributed by atoms with van der Waals surface area (Å²) in [5.41, 5.74) is 1.14. The molecule has 8 heteroatoms. The Bertz CT molecular complexity index is 1020. The van der Waals surface area contributed by atoms with Crippen LogP contribution in [0.15, 0.2) is 47.6 Å². The van der Waals surface area contributed by atoms with E-state index in [0.717, 1.165) is 6.26 Å². The molecule has 2 aromatic heterocycles. The zero-order valence-electron chi connectivity index (χ0n) is 11.9. The van der Waals surface area contributed by atoms with Gasteiger partial charge in [0.1, 0.15) is 0 Å². The first-order chi connectivity index (χ1) is 10.8. The number of aromatic carboxylic acids is 1. The van der Waals surface area contributed by atoms with Gasteiger partial charge in [0.25, 0.3) is 0 Å². The third-order valence-electron chi connectivity index (χ3n) is 3.44. The van der Waals surface area contributed by atoms with Gasteiger partial charge in [-0.3, -0.25) is 0 Å². The average molecular weight is 351 g/mol. The zero-order chi connectivity index (χ0) is 16.8. The molecule has 3 aromatic rings. The van der Waals surface area contributed by atoms with Crippen molar-refractivity contribution in [1.29, 1.82) is 0 Å². The highest BCUT2D eigenvalue weighted by atomic mass is 35.5. The molecule has 1 N–H and O–H groups in total. The Balaban J connectivity index is 2.26. The van der Waals surface area contributed by atoms with E-state index in [2.05, 4.69) is 4.98 Å². The van der Waals surface area contributed by atoms with Gasteiger partial charge in [-0.25, -0.2) is 18.2 Å². The van der Waals surface area contributed by atoms with E-state index in [1.54, 1.807) is 22.8 Å². The number of carboxylic acid groups (broad SMARTS) is 1. The van der Waals surface area contributed by atoms with Gasteiger partial charge in [0.15, 0.2) is 15.0 Å². The number of sulfone groups is 1. The van der Waals surface area contributed by atoms with Gasteiger partial charge >= 0.3 is 5.97 Å². The molecule has 3 rings (SSSR count). The van der Waals surface area contributed by atoms with Crippen molar-refractivity contribution in [3.8, 4) is 5.69 Å². The second kappa shape index (κ2) is 5.36. The molecular formula is C15H11ClN2O4S. The molecule has 0 aliphatic carbocycles. The first-order valence-corrected chi connectivity index (χ1v) is 8.75. The first kappa shape index (κ1) is 15.5. The molecule has 0 atom stereocenters. The molecule has 0 aliphatic rings. The lowest BCUT2D eigenvalue weighted by molar-refractivity contribution is 0.0699. The van der Waals surface area contributed by atoms with Gasteiger partial charge in [0, 0.05) is 29.7 Å². The van der Waals surface area contributed by atoms with Crippen LogP contribution in [0.1, 0.15) is 10.4 Å². The Morgan fingerprint density at radius 1 is 1.22 bits per heavy atom. The molecule has 0 radical (unpaired) electrons. The summed E-state index contributed by atoms with van der Waals surface area (Å²) < 4.78 is 24.6. The van der Waals surface area contributed by atoms with Crippen LogP contribution in [0.25, 0.3) is 16.6 Å². The highest BCUT2D eigenvalue weighted by Gasteiger charge is 2.18. The minimum atomic E-state index is -3.30. The molecule has 6 nitrogen and oxygen atoms in total. The lowest BCUT2D eigenvalue weighted by Gasteiger charge is -2.07. The topological polar surface area (TPSA) is 89.3 Å². The molecule has 0 aliphatic heterocycles. The van der Waals surface area contributed by atoms with Crippen molar-refractivity contribution >= 4 is 38.3 Å². The molecule has 0 saturated heterocycles. The van der Waals surface area contributed by atoms with E-state index in [1.807, 2.05) is 0 Å². The number of benzene rings is 1. The number of aromatic nitrogens is 2. The maximum absolute atomic E-state index is 11.5. The second-order valence-corrected chi connectivity index (χ2v) is 7.36. The van der Waals surface area contributed by atoms with E-state index in [4.69, 9.17) is 11.6 Å². The molecule has 2 heterocycles. The van der Waals surface area contributed by atoms with Crippen LogP contribution in [0, 0.1) is 0 Å². The van der Waals surface area contributed by atoms with Crippen molar-refractivity contribution in [2.75, 3.05) is 6.26 Å². The second-order valence-electron chi connectivity index (χ2n) is 4.98. The van der Waals surface area contributed by atoms with E-state index < -0.39 is 15.8 Å². The normalized spacial score (nSPS) is 11.7. The molecule has 23 heavy (non-hydrogen) atoms. The Kier molecular flexibility index (Phi) is 3.62. The number of carboxylic acids is 1. The van der Waals surface area contributed by atoms with E-state index in [9.17, 15) is 18.3 Å². The summed E-state index contributed by atoms with van der Waals surface area (Å²) in [5, 5.41) is 9.96. The summed E-state index contributed by atoms with van der Waals surface area (Å²) in [6, 6.07) is 7.67. The van der Waals surface area contributed by atoms with Crippen molar-refractivity contribution in [3.63, 3.8) is 0 Å². The molecular weight excluding hydrogens is 340 g/mol. The van der Waals surface area contributed by atoms with Gasteiger partial charge in [-0.1, -0.05) is 11.6 Å². The monoisotopic (exact) mass is 350 g/mol. The SMILES string of the molecule is CS(=O)(=O)c1ccc(-n2cc(C(=O)O)c3ccnc(Cl)c32)cc1. The molecule has 1 aromatic carbocycles. The van der Waals surface area contributed by atoms with Gasteiger partial charge < -0.3 is 9.67 Å².